The summed E-state index contributed by atoms with van der Waals surface area (Å²) in [7, 11) is 0. The van der Waals surface area contributed by atoms with Gasteiger partial charge in [-0.15, -0.1) is 11.3 Å². The highest BCUT2D eigenvalue weighted by molar-refractivity contribution is 7.14. The molecule has 5 heteroatoms. The zero-order valence-electron chi connectivity index (χ0n) is 14.9. The van der Waals surface area contributed by atoms with Crippen LogP contribution in [0.4, 0.5) is 0 Å². The fraction of sp³-hybridized carbons (Fsp3) is 0.429. The molecule has 1 amide bonds. The first-order valence-corrected chi connectivity index (χ1v) is 10.1. The van der Waals surface area contributed by atoms with Crippen LogP contribution in [0.2, 0.25) is 0 Å². The highest BCUT2D eigenvalue weighted by atomic mass is 32.1. The molecule has 0 bridgehead atoms. The molecule has 1 N–H and O–H groups in total. The summed E-state index contributed by atoms with van der Waals surface area (Å²) in [4.78, 5) is 26.8. The molecule has 0 spiro atoms. The lowest BCUT2D eigenvalue weighted by molar-refractivity contribution is -0.130. The van der Waals surface area contributed by atoms with E-state index in [2.05, 4.69) is 17.4 Å². The molecule has 0 radical (unpaired) electrons. The summed E-state index contributed by atoms with van der Waals surface area (Å²) in [5.74, 6) is -0.625. The van der Waals surface area contributed by atoms with Crippen LogP contribution in [0, 0.1) is 0 Å². The normalized spacial score (nSPS) is 19.3. The number of carbonyl (C=O) groups is 2. The van der Waals surface area contributed by atoms with Crippen molar-refractivity contribution in [2.24, 2.45) is 0 Å². The first-order chi connectivity index (χ1) is 12.6. The summed E-state index contributed by atoms with van der Waals surface area (Å²) in [5.41, 5.74) is 3.74. The second-order valence-electron chi connectivity index (χ2n) is 7.11. The van der Waals surface area contributed by atoms with E-state index in [1.807, 2.05) is 18.2 Å². The molecule has 0 fully saturated rings. The third-order valence-corrected chi connectivity index (χ3v) is 6.50. The predicted molar refractivity (Wildman–Crippen MR) is 101 cm³/mol. The van der Waals surface area contributed by atoms with E-state index in [0.29, 0.717) is 4.88 Å². The summed E-state index contributed by atoms with van der Waals surface area (Å²) in [6, 6.07) is 10.2. The van der Waals surface area contributed by atoms with Crippen molar-refractivity contribution in [2.75, 3.05) is 0 Å². The molecule has 2 aliphatic rings. The molecule has 4 nitrogen and oxygen atoms in total. The fourth-order valence-electron chi connectivity index (χ4n) is 3.89. The van der Waals surface area contributed by atoms with Crippen LogP contribution in [-0.2, 0) is 28.8 Å². The molecule has 1 heterocycles. The molecule has 2 aromatic rings. The van der Waals surface area contributed by atoms with Gasteiger partial charge in [0.05, 0.1) is 6.04 Å². The molecule has 1 aromatic carbocycles. The van der Waals surface area contributed by atoms with Gasteiger partial charge in [-0.05, 0) is 68.2 Å². The number of aryl methyl sites for hydroxylation is 3. The fourth-order valence-corrected chi connectivity index (χ4v) is 5.03. The number of rotatable bonds is 4. The van der Waals surface area contributed by atoms with Gasteiger partial charge in [-0.25, -0.2) is 4.79 Å². The molecular weight excluding hydrogens is 346 g/mol. The third-order valence-electron chi connectivity index (χ3n) is 5.29. The molecule has 136 valence electrons. The Balaban J connectivity index is 1.38. The molecule has 0 saturated heterocycles. The van der Waals surface area contributed by atoms with Crippen LogP contribution in [0.1, 0.15) is 63.5 Å². The van der Waals surface area contributed by atoms with E-state index in [0.717, 1.165) is 38.5 Å². The van der Waals surface area contributed by atoms with Gasteiger partial charge in [-0.2, -0.15) is 0 Å². The van der Waals surface area contributed by atoms with Crippen molar-refractivity contribution in [3.63, 3.8) is 0 Å². The maximum absolute atomic E-state index is 12.5. The average molecular weight is 369 g/mol. The van der Waals surface area contributed by atoms with Gasteiger partial charge in [-0.1, -0.05) is 24.3 Å². The van der Waals surface area contributed by atoms with Gasteiger partial charge in [0.15, 0.2) is 6.10 Å². The van der Waals surface area contributed by atoms with E-state index in [1.54, 1.807) is 6.92 Å². The molecule has 0 unspecified atom stereocenters. The Morgan fingerprint density at radius 3 is 2.81 bits per heavy atom. The van der Waals surface area contributed by atoms with E-state index in [9.17, 15) is 9.59 Å². The minimum Gasteiger partial charge on any atom is -0.448 e. The Bertz CT molecular complexity index is 820. The van der Waals surface area contributed by atoms with Gasteiger partial charge in [0.25, 0.3) is 5.91 Å². The number of hydrogen-bond acceptors (Lipinski definition) is 4. The topological polar surface area (TPSA) is 55.4 Å². The number of benzene rings is 1. The lowest BCUT2D eigenvalue weighted by atomic mass is 9.87. The molecule has 0 aliphatic heterocycles. The van der Waals surface area contributed by atoms with E-state index in [-0.39, 0.29) is 11.9 Å². The molecule has 0 saturated carbocycles. The first-order valence-electron chi connectivity index (χ1n) is 9.32. The Labute approximate surface area is 157 Å². The summed E-state index contributed by atoms with van der Waals surface area (Å²) in [5, 5.41) is 3.06. The maximum atomic E-state index is 12.5. The summed E-state index contributed by atoms with van der Waals surface area (Å²) < 4.78 is 5.42. The summed E-state index contributed by atoms with van der Waals surface area (Å²) in [6.45, 7) is 1.64. The minimum atomic E-state index is -0.798. The number of nitrogens with one attached hydrogen (secondary N) is 1. The zero-order valence-corrected chi connectivity index (χ0v) is 15.7. The SMILES string of the molecule is C[C@@H](OC(=O)c1cc2c(s1)CCC2)C(=O)N[C@@H]1CCCc2ccccc21. The van der Waals surface area contributed by atoms with Crippen molar-refractivity contribution in [3.8, 4) is 0 Å². The van der Waals surface area contributed by atoms with E-state index in [4.69, 9.17) is 4.74 Å². The lowest BCUT2D eigenvalue weighted by Gasteiger charge is -2.27. The monoisotopic (exact) mass is 369 g/mol. The molecular formula is C21H23NO3S. The number of amides is 1. The number of esters is 1. The Hall–Kier alpha value is -2.14. The van der Waals surface area contributed by atoms with E-state index >= 15 is 0 Å². The first kappa shape index (κ1) is 17.3. The summed E-state index contributed by atoms with van der Waals surface area (Å²) >= 11 is 1.50. The van der Waals surface area contributed by atoms with E-state index in [1.165, 1.54) is 32.9 Å². The molecule has 2 aliphatic carbocycles. The molecule has 1 aromatic heterocycles. The van der Waals surface area contributed by atoms with Gasteiger partial charge >= 0.3 is 5.97 Å². The second-order valence-corrected chi connectivity index (χ2v) is 8.25. The van der Waals surface area contributed by atoms with Crippen LogP contribution in [0.15, 0.2) is 30.3 Å². The Kier molecular flexibility index (Phi) is 4.81. The van der Waals surface area contributed by atoms with Gasteiger partial charge in [-0.3, -0.25) is 4.79 Å². The Morgan fingerprint density at radius 2 is 1.96 bits per heavy atom. The van der Waals surface area contributed by atoms with Crippen LogP contribution in [0.3, 0.4) is 0 Å². The van der Waals surface area contributed by atoms with Crippen LogP contribution in [-0.4, -0.2) is 18.0 Å². The average Bonchev–Trinajstić information content (AvgIpc) is 3.24. The van der Waals surface area contributed by atoms with Crippen molar-refractivity contribution in [1.29, 1.82) is 0 Å². The molecule has 4 rings (SSSR count). The highest BCUT2D eigenvalue weighted by Crippen LogP contribution is 2.31. The lowest BCUT2D eigenvalue weighted by Crippen LogP contribution is -2.39. The van der Waals surface area contributed by atoms with Crippen molar-refractivity contribution < 1.29 is 14.3 Å². The van der Waals surface area contributed by atoms with Crippen LogP contribution < -0.4 is 5.32 Å². The van der Waals surface area contributed by atoms with Crippen molar-refractivity contribution >= 4 is 23.2 Å². The van der Waals surface area contributed by atoms with Gasteiger partial charge in [0, 0.05) is 4.88 Å². The number of ether oxygens (including phenoxy) is 1. The largest absolute Gasteiger partial charge is 0.448 e. The standard InChI is InChI=1S/C21H23NO3S/c1-13(25-21(24)19-12-15-8-5-11-18(15)26-19)20(23)22-17-10-4-7-14-6-2-3-9-16(14)17/h2-3,6,9,12-13,17H,4-5,7-8,10-11H2,1H3,(H,22,23)/t13-,17-/m1/s1. The molecule has 2 atom stereocenters. The predicted octanol–water partition coefficient (Wildman–Crippen LogP) is 3.98. The second kappa shape index (κ2) is 7.23. The molecule has 26 heavy (non-hydrogen) atoms. The summed E-state index contributed by atoms with van der Waals surface area (Å²) in [6.07, 6.45) is 5.47. The highest BCUT2D eigenvalue weighted by Gasteiger charge is 2.27. The van der Waals surface area contributed by atoms with Crippen molar-refractivity contribution in [3.05, 3.63) is 56.8 Å². The number of carbonyl (C=O) groups excluding carboxylic acids is 2. The Morgan fingerprint density at radius 1 is 1.15 bits per heavy atom. The van der Waals surface area contributed by atoms with E-state index < -0.39 is 12.1 Å². The van der Waals surface area contributed by atoms with Crippen molar-refractivity contribution in [2.45, 2.75) is 57.6 Å². The van der Waals surface area contributed by atoms with Crippen LogP contribution >= 0.6 is 11.3 Å². The van der Waals surface area contributed by atoms with Crippen LogP contribution in [0.25, 0.3) is 0 Å². The number of hydrogen-bond donors (Lipinski definition) is 1. The zero-order chi connectivity index (χ0) is 18.1. The quantitative estimate of drug-likeness (QED) is 0.830. The smallest absolute Gasteiger partial charge is 0.349 e. The van der Waals surface area contributed by atoms with Gasteiger partial charge in [0.1, 0.15) is 4.88 Å². The number of thiophene rings is 1. The number of fused-ring (bicyclic) bond motifs is 2. The minimum absolute atomic E-state index is 0.000795. The third kappa shape index (κ3) is 3.40. The van der Waals surface area contributed by atoms with Gasteiger partial charge < -0.3 is 10.1 Å². The van der Waals surface area contributed by atoms with Crippen LogP contribution in [0.5, 0.6) is 0 Å². The van der Waals surface area contributed by atoms with Crippen molar-refractivity contribution in [1.82, 2.24) is 5.32 Å². The maximum Gasteiger partial charge on any atom is 0.349 e. The van der Waals surface area contributed by atoms with Gasteiger partial charge in [0.2, 0.25) is 0 Å².